The van der Waals surface area contributed by atoms with Crippen molar-refractivity contribution in [1.29, 1.82) is 0 Å². The Bertz CT molecular complexity index is 768. The minimum Gasteiger partial charge on any atom is -0.396 e. The Morgan fingerprint density at radius 1 is 1.26 bits per heavy atom. The number of hydrogen-bond acceptors (Lipinski definition) is 6. The summed E-state index contributed by atoms with van der Waals surface area (Å²) >= 11 is 0. The van der Waals surface area contributed by atoms with Crippen molar-refractivity contribution in [3.05, 3.63) is 42.2 Å². The van der Waals surface area contributed by atoms with Gasteiger partial charge in [0.15, 0.2) is 0 Å². The summed E-state index contributed by atoms with van der Waals surface area (Å²) in [6, 6.07) is 11.3. The first-order valence-corrected chi connectivity index (χ1v) is 10.0. The highest BCUT2D eigenvalue weighted by Crippen LogP contribution is 2.31. The lowest BCUT2D eigenvalue weighted by atomic mass is 9.99. The number of nitrogens with zero attached hydrogens (tertiary/aromatic N) is 4. The van der Waals surface area contributed by atoms with Crippen LogP contribution in [-0.2, 0) is 6.42 Å². The van der Waals surface area contributed by atoms with Crippen LogP contribution in [0, 0.1) is 5.92 Å². The second kappa shape index (κ2) is 8.13. The summed E-state index contributed by atoms with van der Waals surface area (Å²) in [5.41, 5.74) is 2.80. The van der Waals surface area contributed by atoms with Gasteiger partial charge in [0.2, 0.25) is 0 Å². The van der Waals surface area contributed by atoms with E-state index in [1.165, 1.54) is 11.3 Å². The van der Waals surface area contributed by atoms with Crippen LogP contribution in [0.5, 0.6) is 0 Å². The van der Waals surface area contributed by atoms with Gasteiger partial charge in [0, 0.05) is 50.6 Å². The van der Waals surface area contributed by atoms with Crippen LogP contribution in [0.15, 0.2) is 36.7 Å². The van der Waals surface area contributed by atoms with Gasteiger partial charge in [0.25, 0.3) is 0 Å². The van der Waals surface area contributed by atoms with Crippen LogP contribution in [0.2, 0.25) is 0 Å². The number of hydrogen-bond donors (Lipinski definition) is 2. The molecule has 0 bridgehead atoms. The standard InChI is InChI=1S/C21H29N5O/c1-16-11-18-6-2-3-7-19(18)26(16)10-8-22-20-12-21(24-15-23-20)25-9-4-5-17(13-25)14-27/h2-3,6-7,12,15-17,27H,4-5,8-11,13-14H2,1H3,(H,22,23,24). The molecule has 27 heavy (non-hydrogen) atoms. The van der Waals surface area contributed by atoms with Crippen LogP contribution >= 0.6 is 0 Å². The molecule has 2 unspecified atom stereocenters. The number of aliphatic hydroxyl groups is 1. The molecule has 0 spiro atoms. The molecule has 1 aromatic carbocycles. The summed E-state index contributed by atoms with van der Waals surface area (Å²) in [5.74, 6) is 2.17. The Morgan fingerprint density at radius 2 is 2.15 bits per heavy atom. The first-order chi connectivity index (χ1) is 13.2. The first kappa shape index (κ1) is 18.0. The Kier molecular flexibility index (Phi) is 5.43. The molecular weight excluding hydrogens is 338 g/mol. The molecule has 3 heterocycles. The van der Waals surface area contributed by atoms with Gasteiger partial charge >= 0.3 is 0 Å². The highest BCUT2D eigenvalue weighted by molar-refractivity contribution is 5.59. The van der Waals surface area contributed by atoms with E-state index in [1.807, 2.05) is 6.07 Å². The Hall–Kier alpha value is -2.34. The molecule has 0 saturated carbocycles. The van der Waals surface area contributed by atoms with E-state index in [9.17, 15) is 5.11 Å². The number of nitrogens with one attached hydrogen (secondary N) is 1. The van der Waals surface area contributed by atoms with Crippen LogP contribution in [0.1, 0.15) is 25.3 Å². The Labute approximate surface area is 161 Å². The predicted molar refractivity (Wildman–Crippen MR) is 109 cm³/mol. The first-order valence-electron chi connectivity index (χ1n) is 10.0. The second-order valence-electron chi connectivity index (χ2n) is 7.70. The zero-order valence-electron chi connectivity index (χ0n) is 16.0. The Balaban J connectivity index is 1.35. The van der Waals surface area contributed by atoms with Crippen molar-refractivity contribution in [3.63, 3.8) is 0 Å². The van der Waals surface area contributed by atoms with Crippen molar-refractivity contribution in [1.82, 2.24) is 9.97 Å². The van der Waals surface area contributed by atoms with E-state index in [-0.39, 0.29) is 6.61 Å². The fourth-order valence-electron chi connectivity index (χ4n) is 4.31. The molecule has 2 atom stereocenters. The molecule has 144 valence electrons. The summed E-state index contributed by atoms with van der Waals surface area (Å²) in [7, 11) is 0. The van der Waals surface area contributed by atoms with Crippen LogP contribution in [0.4, 0.5) is 17.3 Å². The largest absolute Gasteiger partial charge is 0.396 e. The van der Waals surface area contributed by atoms with Crippen molar-refractivity contribution in [2.75, 3.05) is 47.9 Å². The Morgan fingerprint density at radius 3 is 3.04 bits per heavy atom. The molecule has 2 aliphatic rings. The number of rotatable bonds is 6. The lowest BCUT2D eigenvalue weighted by molar-refractivity contribution is 0.208. The summed E-state index contributed by atoms with van der Waals surface area (Å²) in [4.78, 5) is 13.6. The second-order valence-corrected chi connectivity index (χ2v) is 7.70. The minimum atomic E-state index is 0.252. The van der Waals surface area contributed by atoms with Gasteiger partial charge in [-0.3, -0.25) is 0 Å². The van der Waals surface area contributed by atoms with E-state index in [1.54, 1.807) is 6.33 Å². The molecule has 0 radical (unpaired) electrons. The van der Waals surface area contributed by atoms with Crippen molar-refractivity contribution in [3.8, 4) is 0 Å². The normalized spacial score (nSPS) is 22.0. The van der Waals surface area contributed by atoms with Gasteiger partial charge in [-0.2, -0.15) is 0 Å². The van der Waals surface area contributed by atoms with E-state index >= 15 is 0 Å². The highest BCUT2D eigenvalue weighted by atomic mass is 16.3. The number of fused-ring (bicyclic) bond motifs is 1. The molecule has 0 aliphatic carbocycles. The smallest absolute Gasteiger partial charge is 0.134 e. The molecule has 0 amide bonds. The number of anilines is 3. The van der Waals surface area contributed by atoms with Crippen LogP contribution in [-0.4, -0.2) is 53.9 Å². The van der Waals surface area contributed by atoms with Gasteiger partial charge in [0.05, 0.1) is 0 Å². The number of aromatic nitrogens is 2. The minimum absolute atomic E-state index is 0.252. The maximum Gasteiger partial charge on any atom is 0.134 e. The van der Waals surface area contributed by atoms with Gasteiger partial charge in [-0.25, -0.2) is 9.97 Å². The van der Waals surface area contributed by atoms with Crippen LogP contribution < -0.4 is 15.1 Å². The van der Waals surface area contributed by atoms with Crippen molar-refractivity contribution < 1.29 is 5.11 Å². The van der Waals surface area contributed by atoms with Crippen molar-refractivity contribution in [2.24, 2.45) is 5.92 Å². The van der Waals surface area contributed by atoms with Crippen LogP contribution in [0.3, 0.4) is 0 Å². The third-order valence-electron chi connectivity index (χ3n) is 5.76. The van der Waals surface area contributed by atoms with Gasteiger partial charge in [-0.15, -0.1) is 0 Å². The van der Waals surface area contributed by atoms with E-state index in [0.29, 0.717) is 12.0 Å². The number of aliphatic hydroxyl groups excluding tert-OH is 1. The van der Waals surface area contributed by atoms with Gasteiger partial charge in [-0.1, -0.05) is 18.2 Å². The number of piperidine rings is 1. The van der Waals surface area contributed by atoms with Gasteiger partial charge < -0.3 is 20.2 Å². The van der Waals surface area contributed by atoms with Gasteiger partial charge in [0.1, 0.15) is 18.0 Å². The van der Waals surface area contributed by atoms with E-state index in [2.05, 4.69) is 56.3 Å². The molecule has 2 aromatic rings. The van der Waals surface area contributed by atoms with Crippen LogP contribution in [0.25, 0.3) is 0 Å². The molecule has 1 fully saturated rings. The maximum absolute atomic E-state index is 9.44. The quantitative estimate of drug-likeness (QED) is 0.818. The highest BCUT2D eigenvalue weighted by Gasteiger charge is 2.25. The molecule has 6 heteroatoms. The maximum atomic E-state index is 9.44. The lowest BCUT2D eigenvalue weighted by Crippen LogP contribution is -2.37. The van der Waals surface area contributed by atoms with Crippen molar-refractivity contribution >= 4 is 17.3 Å². The fraction of sp³-hybridized carbons (Fsp3) is 0.524. The topological polar surface area (TPSA) is 64.5 Å². The molecule has 4 rings (SSSR count). The summed E-state index contributed by atoms with van der Waals surface area (Å²) in [6.45, 7) is 6.20. The lowest BCUT2D eigenvalue weighted by Gasteiger charge is -2.32. The van der Waals surface area contributed by atoms with Gasteiger partial charge in [-0.05, 0) is 43.7 Å². The number of benzene rings is 1. The molecule has 1 saturated heterocycles. The predicted octanol–water partition coefficient (Wildman–Crippen LogP) is 2.55. The van der Waals surface area contributed by atoms with Crippen molar-refractivity contribution in [2.45, 2.75) is 32.2 Å². The van der Waals surface area contributed by atoms with E-state index < -0.39 is 0 Å². The third kappa shape index (κ3) is 4.00. The zero-order valence-corrected chi connectivity index (χ0v) is 16.0. The molecule has 2 aliphatic heterocycles. The molecule has 2 N–H and O–H groups in total. The van der Waals surface area contributed by atoms with E-state index in [0.717, 1.165) is 57.1 Å². The molecule has 1 aromatic heterocycles. The summed E-state index contributed by atoms with van der Waals surface area (Å²) in [5, 5.41) is 12.9. The number of para-hydroxylation sites is 1. The molecular formula is C21H29N5O. The zero-order chi connectivity index (χ0) is 18.6. The fourth-order valence-corrected chi connectivity index (χ4v) is 4.31. The monoisotopic (exact) mass is 367 g/mol. The summed E-state index contributed by atoms with van der Waals surface area (Å²) < 4.78 is 0. The van der Waals surface area contributed by atoms with E-state index in [4.69, 9.17) is 0 Å². The third-order valence-corrected chi connectivity index (χ3v) is 5.76. The average molecular weight is 367 g/mol. The summed E-state index contributed by atoms with van der Waals surface area (Å²) in [6.07, 6.45) is 4.95. The average Bonchev–Trinajstić information content (AvgIpc) is 3.04. The molecule has 6 nitrogen and oxygen atoms in total. The SMILES string of the molecule is CC1Cc2ccccc2N1CCNc1cc(N2CCCC(CO)C2)ncn1.